The lowest BCUT2D eigenvalue weighted by atomic mass is 10.1. The monoisotopic (exact) mass is 363 g/mol. The zero-order valence-electron chi connectivity index (χ0n) is 16.2. The highest BCUT2D eigenvalue weighted by Gasteiger charge is 2.11. The molecule has 1 N–H and O–H groups in total. The van der Waals surface area contributed by atoms with Gasteiger partial charge in [-0.05, 0) is 69.2 Å². The van der Waals surface area contributed by atoms with E-state index < -0.39 is 0 Å². The van der Waals surface area contributed by atoms with E-state index in [0.717, 1.165) is 34.1 Å². The first-order valence-corrected chi connectivity index (χ1v) is 9.06. The number of carbonyl (C=O) groups is 1. The Kier molecular flexibility index (Phi) is 5.60. The summed E-state index contributed by atoms with van der Waals surface area (Å²) < 4.78 is 7.66. The number of hydrogen-bond acceptors (Lipinski definition) is 3. The minimum Gasteiger partial charge on any atom is -0.457 e. The highest BCUT2D eigenvalue weighted by molar-refractivity contribution is 5.90. The second-order valence-corrected chi connectivity index (χ2v) is 6.76. The van der Waals surface area contributed by atoms with Crippen LogP contribution in [0, 0.1) is 20.8 Å². The molecule has 0 spiro atoms. The van der Waals surface area contributed by atoms with Crippen molar-refractivity contribution in [2.24, 2.45) is 7.05 Å². The van der Waals surface area contributed by atoms with Crippen molar-refractivity contribution in [1.82, 2.24) is 9.78 Å². The average Bonchev–Trinajstić information content (AvgIpc) is 2.89. The zero-order chi connectivity index (χ0) is 19.4. The number of ether oxygens (including phenoxy) is 1. The first-order chi connectivity index (χ1) is 12.9. The Morgan fingerprint density at radius 1 is 1.00 bits per heavy atom. The van der Waals surface area contributed by atoms with Gasteiger partial charge in [0.25, 0.3) is 0 Å². The van der Waals surface area contributed by atoms with Gasteiger partial charge in [0.1, 0.15) is 11.5 Å². The van der Waals surface area contributed by atoms with Crippen LogP contribution in [0.25, 0.3) is 0 Å². The number of amides is 1. The van der Waals surface area contributed by atoms with Crippen LogP contribution in [0.15, 0.2) is 48.5 Å². The molecule has 27 heavy (non-hydrogen) atoms. The van der Waals surface area contributed by atoms with Gasteiger partial charge < -0.3 is 10.1 Å². The van der Waals surface area contributed by atoms with Crippen molar-refractivity contribution < 1.29 is 9.53 Å². The normalized spacial score (nSPS) is 10.7. The molecule has 140 valence electrons. The number of benzene rings is 2. The van der Waals surface area contributed by atoms with Crippen molar-refractivity contribution in [3.05, 3.63) is 71.0 Å². The molecule has 3 aromatic rings. The van der Waals surface area contributed by atoms with Crippen LogP contribution in [0.2, 0.25) is 0 Å². The van der Waals surface area contributed by atoms with Crippen molar-refractivity contribution in [3.8, 4) is 11.5 Å². The van der Waals surface area contributed by atoms with Crippen LogP contribution in [0.5, 0.6) is 11.5 Å². The molecule has 0 saturated carbocycles. The van der Waals surface area contributed by atoms with E-state index in [9.17, 15) is 4.79 Å². The van der Waals surface area contributed by atoms with E-state index in [4.69, 9.17) is 4.74 Å². The molecule has 0 fully saturated rings. The topological polar surface area (TPSA) is 56.1 Å². The molecule has 5 heteroatoms. The summed E-state index contributed by atoms with van der Waals surface area (Å²) in [6, 6.07) is 15.3. The van der Waals surface area contributed by atoms with Crippen LogP contribution < -0.4 is 10.1 Å². The number of anilines is 1. The van der Waals surface area contributed by atoms with Crippen molar-refractivity contribution >= 4 is 11.6 Å². The molecule has 0 unspecified atom stereocenters. The van der Waals surface area contributed by atoms with Crippen molar-refractivity contribution in [1.29, 1.82) is 0 Å². The molecule has 0 atom stereocenters. The third-order valence-corrected chi connectivity index (χ3v) is 4.66. The van der Waals surface area contributed by atoms with Gasteiger partial charge in [0.2, 0.25) is 5.91 Å². The number of hydrogen-bond donors (Lipinski definition) is 1. The quantitative estimate of drug-likeness (QED) is 0.690. The fourth-order valence-corrected chi connectivity index (χ4v) is 2.99. The van der Waals surface area contributed by atoms with Gasteiger partial charge in [-0.1, -0.05) is 17.7 Å². The molecule has 0 saturated heterocycles. The molecule has 3 rings (SSSR count). The molecule has 5 nitrogen and oxygen atoms in total. The molecular formula is C22H25N3O2. The predicted molar refractivity (Wildman–Crippen MR) is 107 cm³/mol. The van der Waals surface area contributed by atoms with Crippen molar-refractivity contribution in [2.75, 3.05) is 5.32 Å². The summed E-state index contributed by atoms with van der Waals surface area (Å²) in [5.74, 6) is 1.52. The molecule has 0 aliphatic heterocycles. The number of aryl methyl sites for hydroxylation is 3. The summed E-state index contributed by atoms with van der Waals surface area (Å²) in [4.78, 5) is 12.3. The minimum atomic E-state index is -0.00939. The summed E-state index contributed by atoms with van der Waals surface area (Å²) in [5, 5.41) is 7.33. The number of nitrogens with zero attached hydrogens (tertiary/aromatic N) is 2. The summed E-state index contributed by atoms with van der Waals surface area (Å²) in [6.07, 6.45) is 1.11. The van der Waals surface area contributed by atoms with Gasteiger partial charge in [-0.15, -0.1) is 0 Å². The standard InChI is InChI=1S/C22H25N3O2/c1-15-5-9-19(10-6-15)27-20-11-7-18(8-12-20)23-22(26)14-13-21-16(2)24-25(4)17(21)3/h5-12H,13-14H2,1-4H3,(H,23,26). The first-order valence-electron chi connectivity index (χ1n) is 9.06. The van der Waals surface area contributed by atoms with E-state index in [1.807, 2.05) is 81.0 Å². The van der Waals surface area contributed by atoms with Crippen LogP contribution in [0.4, 0.5) is 5.69 Å². The van der Waals surface area contributed by atoms with Crippen LogP contribution in [0.3, 0.4) is 0 Å². The number of carbonyl (C=O) groups excluding carboxylic acids is 1. The zero-order valence-corrected chi connectivity index (χ0v) is 16.2. The number of rotatable bonds is 6. The molecule has 1 heterocycles. The van der Waals surface area contributed by atoms with Gasteiger partial charge >= 0.3 is 0 Å². The van der Waals surface area contributed by atoms with Crippen LogP contribution in [-0.4, -0.2) is 15.7 Å². The molecule has 0 aliphatic rings. The SMILES string of the molecule is Cc1ccc(Oc2ccc(NC(=O)CCc3c(C)nn(C)c3C)cc2)cc1. The lowest BCUT2D eigenvalue weighted by Crippen LogP contribution is -2.12. The third-order valence-electron chi connectivity index (χ3n) is 4.66. The van der Waals surface area contributed by atoms with Crippen LogP contribution in [0.1, 0.15) is 28.9 Å². The molecule has 0 aliphatic carbocycles. The van der Waals surface area contributed by atoms with Crippen molar-refractivity contribution in [3.63, 3.8) is 0 Å². The molecule has 0 bridgehead atoms. The van der Waals surface area contributed by atoms with E-state index in [2.05, 4.69) is 10.4 Å². The second-order valence-electron chi connectivity index (χ2n) is 6.76. The van der Waals surface area contributed by atoms with Gasteiger partial charge in [0.05, 0.1) is 5.69 Å². The molecule has 2 aromatic carbocycles. The van der Waals surface area contributed by atoms with E-state index in [1.54, 1.807) is 0 Å². The Bertz CT molecular complexity index is 925. The van der Waals surface area contributed by atoms with Gasteiger partial charge in [-0.2, -0.15) is 5.10 Å². The lowest BCUT2D eigenvalue weighted by Gasteiger charge is -2.09. The van der Waals surface area contributed by atoms with Gasteiger partial charge in [0, 0.05) is 24.8 Å². The molecule has 0 radical (unpaired) electrons. The first kappa shape index (κ1) is 18.7. The van der Waals surface area contributed by atoms with Crippen LogP contribution >= 0.6 is 0 Å². The van der Waals surface area contributed by atoms with E-state index >= 15 is 0 Å². The van der Waals surface area contributed by atoms with Crippen molar-refractivity contribution in [2.45, 2.75) is 33.6 Å². The largest absolute Gasteiger partial charge is 0.457 e. The molecular weight excluding hydrogens is 338 g/mol. The summed E-state index contributed by atoms with van der Waals surface area (Å²) in [6.45, 7) is 6.05. The average molecular weight is 363 g/mol. The van der Waals surface area contributed by atoms with E-state index in [0.29, 0.717) is 12.8 Å². The molecule has 1 amide bonds. The Hall–Kier alpha value is -3.08. The maximum atomic E-state index is 12.3. The maximum absolute atomic E-state index is 12.3. The van der Waals surface area contributed by atoms with Crippen LogP contribution in [-0.2, 0) is 18.3 Å². The summed E-state index contributed by atoms with van der Waals surface area (Å²) in [7, 11) is 1.92. The van der Waals surface area contributed by atoms with Gasteiger partial charge in [0.15, 0.2) is 0 Å². The number of aromatic nitrogens is 2. The Morgan fingerprint density at radius 2 is 1.59 bits per heavy atom. The fourth-order valence-electron chi connectivity index (χ4n) is 2.99. The Balaban J connectivity index is 1.54. The second kappa shape index (κ2) is 8.08. The predicted octanol–water partition coefficient (Wildman–Crippen LogP) is 4.71. The fraction of sp³-hybridized carbons (Fsp3) is 0.273. The maximum Gasteiger partial charge on any atom is 0.224 e. The summed E-state index contributed by atoms with van der Waals surface area (Å²) >= 11 is 0. The Labute approximate surface area is 160 Å². The highest BCUT2D eigenvalue weighted by atomic mass is 16.5. The lowest BCUT2D eigenvalue weighted by molar-refractivity contribution is -0.116. The van der Waals surface area contributed by atoms with Gasteiger partial charge in [-0.3, -0.25) is 9.48 Å². The third kappa shape index (κ3) is 4.76. The minimum absolute atomic E-state index is 0.00939. The smallest absolute Gasteiger partial charge is 0.224 e. The van der Waals surface area contributed by atoms with Gasteiger partial charge in [-0.25, -0.2) is 0 Å². The summed E-state index contributed by atoms with van der Waals surface area (Å²) in [5.41, 5.74) is 5.20. The highest BCUT2D eigenvalue weighted by Crippen LogP contribution is 2.23. The van der Waals surface area contributed by atoms with E-state index in [-0.39, 0.29) is 5.91 Å². The number of nitrogens with one attached hydrogen (secondary N) is 1. The Morgan fingerprint density at radius 3 is 2.15 bits per heavy atom. The molecule has 1 aromatic heterocycles. The van der Waals surface area contributed by atoms with E-state index in [1.165, 1.54) is 5.56 Å².